The molecule has 0 radical (unpaired) electrons. The summed E-state index contributed by atoms with van der Waals surface area (Å²) < 4.78 is 43.4. The zero-order chi connectivity index (χ0) is 19.3. The van der Waals surface area contributed by atoms with Gasteiger partial charge in [0.15, 0.2) is 0 Å². The maximum absolute atomic E-state index is 13.5. The molecule has 7 nitrogen and oxygen atoms in total. The summed E-state index contributed by atoms with van der Waals surface area (Å²) >= 11 is 0. The van der Waals surface area contributed by atoms with Crippen LogP contribution in [0.2, 0.25) is 0 Å². The number of nitrogens with one attached hydrogen (secondary N) is 1. The minimum absolute atomic E-state index is 0.0653. The van der Waals surface area contributed by atoms with Gasteiger partial charge in [-0.2, -0.15) is 0 Å². The average Bonchev–Trinajstić information content (AvgIpc) is 3.12. The molecule has 0 bridgehead atoms. The molecule has 3 rings (SSSR count). The van der Waals surface area contributed by atoms with Gasteiger partial charge in [0.25, 0.3) is 5.91 Å². The van der Waals surface area contributed by atoms with Crippen molar-refractivity contribution in [1.82, 2.24) is 15.5 Å². The molecule has 1 heterocycles. The van der Waals surface area contributed by atoms with Crippen LogP contribution in [0.4, 0.5) is 4.39 Å². The summed E-state index contributed by atoms with van der Waals surface area (Å²) in [5, 5.41) is 9.32. The number of halogens is 1. The molecule has 3 aromatic rings. The molecule has 0 atom stereocenters. The highest BCUT2D eigenvalue weighted by molar-refractivity contribution is 7.90. The summed E-state index contributed by atoms with van der Waals surface area (Å²) in [6.07, 6.45) is 0.119. The summed E-state index contributed by atoms with van der Waals surface area (Å²) in [5.74, 6) is -1.39. The van der Waals surface area contributed by atoms with Crippen LogP contribution in [0.25, 0.3) is 0 Å². The zero-order valence-corrected chi connectivity index (χ0v) is 14.9. The number of hydrogen-bond acceptors (Lipinski definition) is 6. The van der Waals surface area contributed by atoms with Gasteiger partial charge in [-0.3, -0.25) is 4.79 Å². The second-order valence-electron chi connectivity index (χ2n) is 5.69. The summed E-state index contributed by atoms with van der Waals surface area (Å²) in [7, 11) is -3.76. The first kappa shape index (κ1) is 18.7. The van der Waals surface area contributed by atoms with E-state index in [4.69, 9.17) is 4.42 Å². The summed E-state index contributed by atoms with van der Waals surface area (Å²) in [6, 6.07) is 14.2. The van der Waals surface area contributed by atoms with Crippen molar-refractivity contribution in [2.45, 2.75) is 17.4 Å². The lowest BCUT2D eigenvalue weighted by Gasteiger charge is -2.04. The number of benzene rings is 2. The molecule has 0 aliphatic rings. The maximum Gasteiger partial charge on any atom is 0.335 e. The molecule has 0 aliphatic heterocycles. The Balaban J connectivity index is 1.58. The van der Waals surface area contributed by atoms with E-state index in [2.05, 4.69) is 15.5 Å². The Kier molecular flexibility index (Phi) is 5.60. The largest absolute Gasteiger partial charge is 0.412 e. The van der Waals surface area contributed by atoms with E-state index in [9.17, 15) is 17.6 Å². The van der Waals surface area contributed by atoms with Gasteiger partial charge in [0.05, 0.1) is 11.3 Å². The standard InChI is InChI=1S/C18H16FN3O4S/c19-15-9-5-4-8-14(15)17(23)20-11-10-16-21-22-18(26-16)27(24,25)12-13-6-2-1-3-7-13/h1-9H,10-12H2,(H,20,23). The molecule has 0 fully saturated rings. The average molecular weight is 389 g/mol. The zero-order valence-electron chi connectivity index (χ0n) is 14.1. The molecule has 9 heteroatoms. The monoisotopic (exact) mass is 389 g/mol. The van der Waals surface area contributed by atoms with E-state index in [-0.39, 0.29) is 30.2 Å². The lowest BCUT2D eigenvalue weighted by Crippen LogP contribution is -2.26. The van der Waals surface area contributed by atoms with Crippen LogP contribution in [0.1, 0.15) is 21.8 Å². The molecule has 1 aromatic heterocycles. The van der Waals surface area contributed by atoms with Gasteiger partial charge in [0.2, 0.25) is 15.7 Å². The van der Waals surface area contributed by atoms with Crippen molar-refractivity contribution in [1.29, 1.82) is 0 Å². The van der Waals surface area contributed by atoms with Crippen molar-refractivity contribution in [3.63, 3.8) is 0 Å². The lowest BCUT2D eigenvalue weighted by molar-refractivity contribution is 0.0949. The van der Waals surface area contributed by atoms with Crippen molar-refractivity contribution >= 4 is 15.7 Å². The van der Waals surface area contributed by atoms with Crippen molar-refractivity contribution in [2.24, 2.45) is 0 Å². The highest BCUT2D eigenvalue weighted by atomic mass is 32.2. The van der Waals surface area contributed by atoms with Crippen LogP contribution in [-0.4, -0.2) is 31.1 Å². The van der Waals surface area contributed by atoms with Crippen molar-refractivity contribution in [2.75, 3.05) is 6.54 Å². The molecular formula is C18H16FN3O4S. The van der Waals surface area contributed by atoms with Gasteiger partial charge in [-0.05, 0) is 17.7 Å². The molecule has 140 valence electrons. The number of aromatic nitrogens is 2. The van der Waals surface area contributed by atoms with Gasteiger partial charge in [0.1, 0.15) is 5.82 Å². The second-order valence-corrected chi connectivity index (χ2v) is 7.56. The Bertz CT molecular complexity index is 1040. The summed E-state index contributed by atoms with van der Waals surface area (Å²) in [6.45, 7) is 0.0908. The number of carbonyl (C=O) groups is 1. The van der Waals surface area contributed by atoms with Crippen LogP contribution in [0.3, 0.4) is 0 Å². The molecular weight excluding hydrogens is 373 g/mol. The van der Waals surface area contributed by atoms with E-state index in [0.29, 0.717) is 5.56 Å². The van der Waals surface area contributed by atoms with Gasteiger partial charge >= 0.3 is 5.22 Å². The molecule has 0 spiro atoms. The number of carbonyl (C=O) groups excluding carboxylic acids is 1. The molecule has 27 heavy (non-hydrogen) atoms. The highest BCUT2D eigenvalue weighted by Crippen LogP contribution is 2.15. The van der Waals surface area contributed by atoms with Gasteiger partial charge in [-0.25, -0.2) is 12.8 Å². The molecule has 0 saturated carbocycles. The quantitative estimate of drug-likeness (QED) is 0.664. The number of hydrogen-bond donors (Lipinski definition) is 1. The third-order valence-corrected chi connectivity index (χ3v) is 5.07. The fraction of sp³-hybridized carbons (Fsp3) is 0.167. The molecule has 0 unspecified atom stereocenters. The Morgan fingerprint density at radius 2 is 1.74 bits per heavy atom. The summed E-state index contributed by atoms with van der Waals surface area (Å²) in [5.41, 5.74) is 0.531. The number of amides is 1. The fourth-order valence-corrected chi connectivity index (χ4v) is 3.49. The van der Waals surface area contributed by atoms with E-state index >= 15 is 0 Å². The molecule has 2 aromatic carbocycles. The van der Waals surface area contributed by atoms with E-state index in [0.717, 1.165) is 0 Å². The second kappa shape index (κ2) is 8.09. The van der Waals surface area contributed by atoms with Gasteiger partial charge in [-0.1, -0.05) is 47.6 Å². The van der Waals surface area contributed by atoms with Gasteiger partial charge < -0.3 is 9.73 Å². The topological polar surface area (TPSA) is 102 Å². The molecule has 0 aliphatic carbocycles. The highest BCUT2D eigenvalue weighted by Gasteiger charge is 2.23. The van der Waals surface area contributed by atoms with E-state index < -0.39 is 26.8 Å². The Morgan fingerprint density at radius 1 is 1.04 bits per heavy atom. The first-order chi connectivity index (χ1) is 13.0. The third-order valence-electron chi connectivity index (χ3n) is 3.66. The van der Waals surface area contributed by atoms with Crippen LogP contribution in [0, 0.1) is 5.82 Å². The first-order valence-corrected chi connectivity index (χ1v) is 9.73. The van der Waals surface area contributed by atoms with Gasteiger partial charge in [-0.15, -0.1) is 5.10 Å². The summed E-state index contributed by atoms with van der Waals surface area (Å²) in [4.78, 5) is 11.9. The molecule has 1 N–H and O–H groups in total. The van der Waals surface area contributed by atoms with Crippen molar-refractivity contribution in [3.8, 4) is 0 Å². The van der Waals surface area contributed by atoms with E-state index in [1.807, 2.05) is 0 Å². The number of nitrogens with zero attached hydrogens (tertiary/aromatic N) is 2. The van der Waals surface area contributed by atoms with E-state index in [1.54, 1.807) is 36.4 Å². The Labute approximate surface area is 155 Å². The SMILES string of the molecule is O=C(NCCc1nnc(S(=O)(=O)Cc2ccccc2)o1)c1ccccc1F. The fourth-order valence-electron chi connectivity index (χ4n) is 2.34. The van der Waals surface area contributed by atoms with Crippen molar-refractivity contribution in [3.05, 3.63) is 77.4 Å². The van der Waals surface area contributed by atoms with Crippen LogP contribution >= 0.6 is 0 Å². The van der Waals surface area contributed by atoms with Crippen molar-refractivity contribution < 1.29 is 22.0 Å². The predicted molar refractivity (Wildman–Crippen MR) is 94.1 cm³/mol. The first-order valence-electron chi connectivity index (χ1n) is 8.07. The minimum atomic E-state index is -3.76. The Hall–Kier alpha value is -3.07. The van der Waals surface area contributed by atoms with Crippen LogP contribution in [-0.2, 0) is 22.0 Å². The normalized spacial score (nSPS) is 11.3. The van der Waals surface area contributed by atoms with Crippen LogP contribution in [0.15, 0.2) is 64.2 Å². The molecule has 1 amide bonds. The van der Waals surface area contributed by atoms with Gasteiger partial charge in [0, 0.05) is 13.0 Å². The van der Waals surface area contributed by atoms with Crippen LogP contribution in [0.5, 0.6) is 0 Å². The number of sulfone groups is 1. The Morgan fingerprint density at radius 3 is 2.48 bits per heavy atom. The third kappa shape index (κ3) is 4.76. The lowest BCUT2D eigenvalue weighted by atomic mass is 10.2. The smallest absolute Gasteiger partial charge is 0.335 e. The van der Waals surface area contributed by atoms with E-state index in [1.165, 1.54) is 18.2 Å². The minimum Gasteiger partial charge on any atom is -0.412 e. The molecule has 0 saturated heterocycles. The predicted octanol–water partition coefficient (Wildman–Crippen LogP) is 2.16. The maximum atomic E-state index is 13.5. The number of rotatable bonds is 7. The van der Waals surface area contributed by atoms with Crippen LogP contribution < -0.4 is 5.32 Å².